The Hall–Kier alpha value is -2.74. The Bertz CT molecular complexity index is 1160. The van der Waals surface area contributed by atoms with Crippen LogP contribution in [0.5, 0.6) is 0 Å². The highest BCUT2D eigenvalue weighted by Gasteiger charge is 2.34. The molecule has 0 spiro atoms. The molecule has 3 rings (SSSR count). The van der Waals surface area contributed by atoms with Crippen molar-refractivity contribution in [3.63, 3.8) is 0 Å². The number of anilines is 1. The predicted octanol–water partition coefficient (Wildman–Crippen LogP) is 3.83. The van der Waals surface area contributed by atoms with E-state index in [0.717, 1.165) is 37.0 Å². The smallest absolute Gasteiger partial charge is 0.337 e. The number of carboxylic acid groups (broad SMARTS) is 1. The zero-order valence-corrected chi connectivity index (χ0v) is 18.8. The molecule has 1 aliphatic heterocycles. The fourth-order valence-corrected chi connectivity index (χ4v) is 6.97. The van der Waals surface area contributed by atoms with Crippen LogP contribution in [0.3, 0.4) is 0 Å². The minimum atomic E-state index is -3.74. The van der Waals surface area contributed by atoms with Crippen LogP contribution >= 0.6 is 11.3 Å². The van der Waals surface area contributed by atoms with E-state index in [9.17, 15) is 23.1 Å². The largest absolute Gasteiger partial charge is 0.478 e. The van der Waals surface area contributed by atoms with E-state index in [2.05, 4.69) is 5.32 Å². The molecule has 0 saturated carbocycles. The number of hydrogen-bond donors (Lipinski definition) is 2. The monoisotopic (exact) mass is 461 g/mol. The molecule has 0 bridgehead atoms. The second kappa shape index (κ2) is 9.18. The zero-order valence-electron chi connectivity index (χ0n) is 17.2. The van der Waals surface area contributed by atoms with Gasteiger partial charge >= 0.3 is 5.97 Å². The van der Waals surface area contributed by atoms with Crippen molar-refractivity contribution in [2.24, 2.45) is 0 Å². The predicted molar refractivity (Wildman–Crippen MR) is 117 cm³/mol. The SMILES string of the molecule is CCC1CCCCN1S(=O)(=O)c1cc(C(=O)Nc2ccc(C#N)cc2C(=O)O)sc1C. The maximum Gasteiger partial charge on any atom is 0.337 e. The summed E-state index contributed by atoms with van der Waals surface area (Å²) in [5.74, 6) is -1.89. The number of sulfonamides is 1. The van der Waals surface area contributed by atoms with Gasteiger partial charge in [0.2, 0.25) is 10.0 Å². The summed E-state index contributed by atoms with van der Waals surface area (Å²) in [4.78, 5) is 25.0. The maximum atomic E-state index is 13.3. The lowest BCUT2D eigenvalue weighted by Gasteiger charge is -2.34. The highest BCUT2D eigenvalue weighted by Crippen LogP contribution is 2.33. The van der Waals surface area contributed by atoms with Crippen molar-refractivity contribution in [1.29, 1.82) is 5.26 Å². The Balaban J connectivity index is 1.90. The van der Waals surface area contributed by atoms with E-state index in [4.69, 9.17) is 5.26 Å². The second-order valence-electron chi connectivity index (χ2n) is 7.34. The lowest BCUT2D eigenvalue weighted by Crippen LogP contribution is -2.43. The Morgan fingerprint density at radius 1 is 1.32 bits per heavy atom. The van der Waals surface area contributed by atoms with Crippen molar-refractivity contribution in [2.75, 3.05) is 11.9 Å². The average molecular weight is 462 g/mol. The third-order valence-corrected chi connectivity index (χ3v) is 8.61. The van der Waals surface area contributed by atoms with Gasteiger partial charge in [-0.05, 0) is 50.5 Å². The number of aromatic carboxylic acids is 1. The molecule has 1 aliphatic rings. The van der Waals surface area contributed by atoms with Crippen LogP contribution in [0, 0.1) is 18.3 Å². The molecular formula is C21H23N3O5S2. The summed E-state index contributed by atoms with van der Waals surface area (Å²) in [6, 6.07) is 7.09. The van der Waals surface area contributed by atoms with E-state index in [1.807, 2.05) is 13.0 Å². The fourth-order valence-electron chi connectivity index (χ4n) is 3.74. The van der Waals surface area contributed by atoms with Crippen molar-refractivity contribution in [3.8, 4) is 6.07 Å². The van der Waals surface area contributed by atoms with E-state index in [0.29, 0.717) is 11.4 Å². The van der Waals surface area contributed by atoms with E-state index >= 15 is 0 Å². The van der Waals surface area contributed by atoms with Gasteiger partial charge in [0.15, 0.2) is 0 Å². The second-order valence-corrected chi connectivity index (χ2v) is 10.5. The van der Waals surface area contributed by atoms with Gasteiger partial charge in [-0.3, -0.25) is 4.79 Å². The summed E-state index contributed by atoms with van der Waals surface area (Å²) in [6.07, 6.45) is 3.36. The van der Waals surface area contributed by atoms with Crippen LogP contribution in [0.4, 0.5) is 5.69 Å². The quantitative estimate of drug-likeness (QED) is 0.673. The molecule has 2 N–H and O–H groups in total. The lowest BCUT2D eigenvalue weighted by atomic mass is 10.0. The molecule has 1 aromatic carbocycles. The maximum absolute atomic E-state index is 13.3. The normalized spacial score (nSPS) is 17.1. The summed E-state index contributed by atoms with van der Waals surface area (Å²) in [7, 11) is -3.74. The molecule has 1 fully saturated rings. The van der Waals surface area contributed by atoms with Crippen molar-refractivity contribution in [2.45, 2.75) is 50.5 Å². The van der Waals surface area contributed by atoms with E-state index < -0.39 is 21.9 Å². The number of rotatable bonds is 6. The summed E-state index contributed by atoms with van der Waals surface area (Å²) >= 11 is 1.05. The molecule has 1 unspecified atom stereocenters. The summed E-state index contributed by atoms with van der Waals surface area (Å²) in [5.41, 5.74) is -0.0237. The summed E-state index contributed by atoms with van der Waals surface area (Å²) < 4.78 is 28.1. The molecule has 2 aromatic rings. The van der Waals surface area contributed by atoms with E-state index in [1.54, 1.807) is 6.92 Å². The molecule has 10 heteroatoms. The van der Waals surface area contributed by atoms with E-state index in [-0.39, 0.29) is 32.6 Å². The first-order chi connectivity index (χ1) is 14.7. The van der Waals surface area contributed by atoms with Crippen LogP contribution < -0.4 is 5.32 Å². The Morgan fingerprint density at radius 2 is 2.06 bits per heavy atom. The summed E-state index contributed by atoms with van der Waals surface area (Å²) in [6.45, 7) is 4.09. The summed E-state index contributed by atoms with van der Waals surface area (Å²) in [5, 5.41) is 20.9. The van der Waals surface area contributed by atoms with Gasteiger partial charge in [0.25, 0.3) is 5.91 Å². The van der Waals surface area contributed by atoms with E-state index in [1.165, 1.54) is 28.6 Å². The first-order valence-corrected chi connectivity index (χ1v) is 12.2. The van der Waals surface area contributed by atoms with Crippen LogP contribution in [0.15, 0.2) is 29.2 Å². The molecule has 1 saturated heterocycles. The lowest BCUT2D eigenvalue weighted by molar-refractivity contribution is 0.0698. The van der Waals surface area contributed by atoms with Gasteiger partial charge in [0, 0.05) is 17.5 Å². The number of nitrogens with one attached hydrogen (secondary N) is 1. The minimum absolute atomic E-state index is 0.0361. The number of carboxylic acids is 1. The van der Waals surface area contributed by atoms with Crippen LogP contribution in [-0.2, 0) is 10.0 Å². The van der Waals surface area contributed by atoms with Gasteiger partial charge in [-0.15, -0.1) is 11.3 Å². The number of hydrogen-bond acceptors (Lipinski definition) is 6. The van der Waals surface area contributed by atoms with Gasteiger partial charge in [-0.2, -0.15) is 9.57 Å². The average Bonchev–Trinajstić information content (AvgIpc) is 3.16. The third kappa shape index (κ3) is 4.63. The number of aryl methyl sites for hydroxylation is 1. The number of nitrogens with zero attached hydrogens (tertiary/aromatic N) is 2. The molecule has 0 radical (unpaired) electrons. The standard InChI is InChI=1S/C21H23N3O5S2/c1-3-15-6-4-5-9-24(15)31(28,29)19-11-18(30-13(19)2)20(25)23-17-8-7-14(12-22)10-16(17)21(26)27/h7-8,10-11,15H,3-6,9H2,1-2H3,(H,23,25)(H,26,27). The molecule has 0 aliphatic carbocycles. The van der Waals surface area contributed by atoms with Gasteiger partial charge in [0.1, 0.15) is 0 Å². The van der Waals surface area contributed by atoms with Gasteiger partial charge in [-0.25, -0.2) is 13.2 Å². The topological polar surface area (TPSA) is 128 Å². The highest BCUT2D eigenvalue weighted by molar-refractivity contribution is 7.89. The number of thiophene rings is 1. The van der Waals surface area contributed by atoms with Crippen molar-refractivity contribution in [1.82, 2.24) is 4.31 Å². The number of piperidine rings is 1. The number of nitriles is 1. The fraction of sp³-hybridized carbons (Fsp3) is 0.381. The first-order valence-electron chi connectivity index (χ1n) is 9.90. The molecule has 8 nitrogen and oxygen atoms in total. The Morgan fingerprint density at radius 3 is 2.71 bits per heavy atom. The van der Waals surface area contributed by atoms with Crippen LogP contribution in [0.25, 0.3) is 0 Å². The molecule has 31 heavy (non-hydrogen) atoms. The minimum Gasteiger partial charge on any atom is -0.478 e. The third-order valence-electron chi connectivity index (χ3n) is 5.35. The first kappa shape index (κ1) is 22.9. The number of benzene rings is 1. The van der Waals surface area contributed by atoms with Gasteiger partial charge in [0.05, 0.1) is 32.7 Å². The van der Waals surface area contributed by atoms with Crippen LogP contribution in [0.1, 0.15) is 63.1 Å². The van der Waals surface area contributed by atoms with Crippen LogP contribution in [-0.4, -0.2) is 42.3 Å². The highest BCUT2D eigenvalue weighted by atomic mass is 32.2. The Labute approximate surface area is 185 Å². The molecule has 2 heterocycles. The van der Waals surface area contributed by atoms with Gasteiger partial charge < -0.3 is 10.4 Å². The zero-order chi connectivity index (χ0) is 22.8. The molecule has 1 amide bonds. The van der Waals surface area contributed by atoms with Crippen molar-refractivity contribution < 1.29 is 23.1 Å². The molecular weight excluding hydrogens is 438 g/mol. The molecule has 164 valence electrons. The number of carbonyl (C=O) groups excluding carboxylic acids is 1. The number of amides is 1. The number of carbonyl (C=O) groups is 2. The van der Waals surface area contributed by atoms with Crippen LogP contribution in [0.2, 0.25) is 0 Å². The molecule has 1 atom stereocenters. The van der Waals surface area contributed by atoms with Gasteiger partial charge in [-0.1, -0.05) is 13.3 Å². The molecule has 1 aromatic heterocycles. The van der Waals surface area contributed by atoms with Crippen molar-refractivity contribution >= 4 is 38.9 Å². The Kier molecular flexibility index (Phi) is 6.79. The van der Waals surface area contributed by atoms with Crippen molar-refractivity contribution in [3.05, 3.63) is 45.1 Å².